The fourth-order valence-corrected chi connectivity index (χ4v) is 3.49. The predicted molar refractivity (Wildman–Crippen MR) is 125 cm³/mol. The van der Waals surface area contributed by atoms with Gasteiger partial charge in [-0.1, -0.05) is 30.3 Å². The molecule has 0 aromatic heterocycles. The molecule has 1 saturated heterocycles. The molecule has 0 unspecified atom stereocenters. The number of rotatable bonds is 7. The van der Waals surface area contributed by atoms with Gasteiger partial charge < -0.3 is 14.4 Å². The normalized spacial score (nSPS) is 14.2. The van der Waals surface area contributed by atoms with Crippen LogP contribution in [0.4, 0.5) is 0 Å². The second kappa shape index (κ2) is 11.2. The van der Waals surface area contributed by atoms with E-state index in [4.69, 9.17) is 9.47 Å². The fraction of sp³-hybridized carbons (Fsp3) is 0.192. The second-order valence-corrected chi connectivity index (χ2v) is 7.76. The number of nitrogens with zero attached hydrogens (tertiary/aromatic N) is 1. The summed E-state index contributed by atoms with van der Waals surface area (Å²) in [5.41, 5.74) is 5.54. The number of hydrazone groups is 1. The first kappa shape index (κ1) is 22.4. The van der Waals surface area contributed by atoms with Gasteiger partial charge >= 0.3 is 5.97 Å². The quantitative estimate of drug-likeness (QED) is 0.253. The Balaban J connectivity index is 1.26. The maximum Gasteiger partial charge on any atom is 0.343 e. The van der Waals surface area contributed by atoms with E-state index < -0.39 is 5.97 Å². The van der Waals surface area contributed by atoms with Crippen molar-refractivity contribution in [3.05, 3.63) is 101 Å². The molecule has 1 fully saturated rings. The number of hydrogen-bond donors (Lipinski definition) is 2. The Morgan fingerprint density at radius 3 is 2.30 bits per heavy atom. The van der Waals surface area contributed by atoms with Crippen LogP contribution < -0.4 is 15.1 Å². The summed E-state index contributed by atoms with van der Waals surface area (Å²) in [5, 5.41) is 4.02. The Morgan fingerprint density at radius 2 is 1.61 bits per heavy atom. The van der Waals surface area contributed by atoms with Gasteiger partial charge in [-0.25, -0.2) is 10.2 Å². The molecule has 7 heteroatoms. The molecule has 1 heterocycles. The van der Waals surface area contributed by atoms with Crippen molar-refractivity contribution in [1.82, 2.24) is 5.43 Å². The van der Waals surface area contributed by atoms with Crippen LogP contribution in [-0.2, 0) is 11.3 Å². The third-order valence-corrected chi connectivity index (χ3v) is 5.35. The van der Waals surface area contributed by atoms with E-state index in [1.54, 1.807) is 48.5 Å². The van der Waals surface area contributed by atoms with Crippen LogP contribution in [0.1, 0.15) is 31.8 Å². The molecule has 0 aliphatic carbocycles. The van der Waals surface area contributed by atoms with E-state index in [2.05, 4.69) is 10.5 Å². The van der Waals surface area contributed by atoms with Crippen LogP contribution in [0.2, 0.25) is 0 Å². The van der Waals surface area contributed by atoms with E-state index in [1.165, 1.54) is 16.7 Å². The molecule has 3 aromatic carbocycles. The number of hydrogen-bond acceptors (Lipinski definition) is 5. The van der Waals surface area contributed by atoms with Gasteiger partial charge in [-0.05, 0) is 54.1 Å². The zero-order chi connectivity index (χ0) is 22.9. The highest BCUT2D eigenvalue weighted by Crippen LogP contribution is 2.13. The maximum absolute atomic E-state index is 12.3. The monoisotopic (exact) mass is 444 g/mol. The largest absolute Gasteiger partial charge is 0.423 e. The molecule has 168 valence electrons. The number of benzene rings is 3. The molecule has 7 nitrogen and oxygen atoms in total. The number of amides is 1. The Hall–Kier alpha value is -3.81. The molecule has 0 atom stereocenters. The summed E-state index contributed by atoms with van der Waals surface area (Å²) in [4.78, 5) is 25.9. The summed E-state index contributed by atoms with van der Waals surface area (Å²) in [6, 6.07) is 23.3. The minimum absolute atomic E-state index is 0.273. The van der Waals surface area contributed by atoms with Crippen LogP contribution in [0.5, 0.6) is 5.75 Å². The van der Waals surface area contributed by atoms with Gasteiger partial charge in [-0.3, -0.25) is 4.79 Å². The Kier molecular flexibility index (Phi) is 7.58. The van der Waals surface area contributed by atoms with E-state index in [-0.39, 0.29) is 5.91 Å². The van der Waals surface area contributed by atoms with Crippen LogP contribution in [0.15, 0.2) is 84.0 Å². The van der Waals surface area contributed by atoms with Crippen molar-refractivity contribution in [2.75, 3.05) is 26.3 Å². The molecule has 0 radical (unpaired) electrons. The molecule has 0 bridgehead atoms. The number of quaternary nitrogens is 1. The van der Waals surface area contributed by atoms with Crippen molar-refractivity contribution in [2.24, 2.45) is 5.10 Å². The van der Waals surface area contributed by atoms with Gasteiger partial charge in [0.05, 0.1) is 25.0 Å². The highest BCUT2D eigenvalue weighted by molar-refractivity contribution is 5.95. The first-order valence-electron chi connectivity index (χ1n) is 10.9. The highest BCUT2D eigenvalue weighted by atomic mass is 16.5. The van der Waals surface area contributed by atoms with Gasteiger partial charge in [0.15, 0.2) is 0 Å². The van der Waals surface area contributed by atoms with E-state index in [9.17, 15) is 9.59 Å². The van der Waals surface area contributed by atoms with Crippen molar-refractivity contribution in [3.63, 3.8) is 0 Å². The third kappa shape index (κ3) is 6.58. The van der Waals surface area contributed by atoms with Gasteiger partial charge in [-0.15, -0.1) is 0 Å². The van der Waals surface area contributed by atoms with Gasteiger partial charge in [-0.2, -0.15) is 5.10 Å². The van der Waals surface area contributed by atoms with Crippen molar-refractivity contribution >= 4 is 18.1 Å². The Morgan fingerprint density at radius 1 is 0.909 bits per heavy atom. The average molecular weight is 445 g/mol. The molecular formula is C26H26N3O4+. The van der Waals surface area contributed by atoms with Crippen LogP contribution in [0, 0.1) is 0 Å². The molecule has 1 amide bonds. The number of esters is 1. The van der Waals surface area contributed by atoms with Gasteiger partial charge in [0.25, 0.3) is 5.91 Å². The van der Waals surface area contributed by atoms with E-state index in [0.29, 0.717) is 16.9 Å². The fourth-order valence-electron chi connectivity index (χ4n) is 3.49. The summed E-state index contributed by atoms with van der Waals surface area (Å²) in [6.07, 6.45) is 1.54. The standard InChI is InChI=1S/C26H25N3O4/c30-25(22-10-6-21(7-11-22)19-29-14-16-32-17-15-29)28-27-18-20-8-12-24(13-9-20)33-26(31)23-4-2-1-3-5-23/h1-13,18H,14-17,19H2,(H,28,30)/p+1. The SMILES string of the molecule is O=C(NN=Cc1ccc(OC(=O)c2ccccc2)cc1)c1ccc(C[NH+]2CCOCC2)cc1. The van der Waals surface area contributed by atoms with E-state index in [1.807, 2.05) is 30.3 Å². The van der Waals surface area contributed by atoms with Crippen molar-refractivity contribution < 1.29 is 24.0 Å². The molecular weight excluding hydrogens is 418 g/mol. The first-order chi connectivity index (χ1) is 16.2. The molecule has 2 N–H and O–H groups in total. The third-order valence-electron chi connectivity index (χ3n) is 5.35. The predicted octanol–water partition coefficient (Wildman–Crippen LogP) is 2.08. The molecule has 1 aliphatic heterocycles. The van der Waals surface area contributed by atoms with Crippen LogP contribution in [0.3, 0.4) is 0 Å². The van der Waals surface area contributed by atoms with E-state index >= 15 is 0 Å². The molecule has 4 rings (SSSR count). The van der Waals surface area contributed by atoms with Crippen molar-refractivity contribution in [3.8, 4) is 5.75 Å². The van der Waals surface area contributed by atoms with Gasteiger partial charge in [0.2, 0.25) is 0 Å². The number of morpholine rings is 1. The summed E-state index contributed by atoms with van der Waals surface area (Å²) in [6.45, 7) is 4.55. The molecule has 33 heavy (non-hydrogen) atoms. The molecule has 0 saturated carbocycles. The van der Waals surface area contributed by atoms with Crippen LogP contribution in [-0.4, -0.2) is 44.4 Å². The summed E-state index contributed by atoms with van der Waals surface area (Å²) in [5.74, 6) is -0.254. The first-order valence-corrected chi connectivity index (χ1v) is 10.9. The van der Waals surface area contributed by atoms with Crippen LogP contribution in [0.25, 0.3) is 0 Å². The lowest BCUT2D eigenvalue weighted by molar-refractivity contribution is -0.921. The Labute approximate surface area is 192 Å². The summed E-state index contributed by atoms with van der Waals surface area (Å²) >= 11 is 0. The molecule has 1 aliphatic rings. The Bertz CT molecular complexity index is 1090. The lowest BCUT2D eigenvalue weighted by atomic mass is 10.1. The minimum atomic E-state index is -0.415. The zero-order valence-corrected chi connectivity index (χ0v) is 18.2. The molecule has 3 aromatic rings. The van der Waals surface area contributed by atoms with Crippen LogP contribution >= 0.6 is 0 Å². The number of carbonyl (C=O) groups is 2. The minimum Gasteiger partial charge on any atom is -0.423 e. The number of ether oxygens (including phenoxy) is 2. The topological polar surface area (TPSA) is 81.4 Å². The van der Waals surface area contributed by atoms with Crippen molar-refractivity contribution in [1.29, 1.82) is 0 Å². The lowest BCUT2D eigenvalue weighted by Crippen LogP contribution is -3.12. The van der Waals surface area contributed by atoms with Crippen molar-refractivity contribution in [2.45, 2.75) is 6.54 Å². The number of nitrogens with one attached hydrogen (secondary N) is 2. The number of carbonyl (C=O) groups excluding carboxylic acids is 2. The second-order valence-electron chi connectivity index (χ2n) is 7.76. The average Bonchev–Trinajstić information content (AvgIpc) is 2.86. The van der Waals surface area contributed by atoms with Gasteiger partial charge in [0.1, 0.15) is 25.4 Å². The smallest absolute Gasteiger partial charge is 0.343 e. The van der Waals surface area contributed by atoms with E-state index in [0.717, 1.165) is 38.4 Å². The summed E-state index contributed by atoms with van der Waals surface area (Å²) in [7, 11) is 0. The lowest BCUT2D eigenvalue weighted by Gasteiger charge is -2.23. The zero-order valence-electron chi connectivity index (χ0n) is 18.2. The summed E-state index contributed by atoms with van der Waals surface area (Å²) < 4.78 is 10.7. The highest BCUT2D eigenvalue weighted by Gasteiger charge is 2.14. The maximum atomic E-state index is 12.3. The molecule has 0 spiro atoms. The van der Waals surface area contributed by atoms with Gasteiger partial charge in [0, 0.05) is 11.1 Å².